The minimum atomic E-state index is 0.0568. The van der Waals surface area contributed by atoms with Crippen LogP contribution in [0.5, 0.6) is 0 Å². The van der Waals surface area contributed by atoms with Crippen molar-refractivity contribution in [3.8, 4) is 0 Å². The quantitative estimate of drug-likeness (QED) is 0.818. The van der Waals surface area contributed by atoms with E-state index in [1.54, 1.807) is 0 Å². The van der Waals surface area contributed by atoms with Gasteiger partial charge in [0, 0.05) is 11.2 Å². The van der Waals surface area contributed by atoms with Crippen LogP contribution >= 0.6 is 0 Å². The number of anilines is 1. The molecule has 0 radical (unpaired) electrons. The van der Waals surface area contributed by atoms with Gasteiger partial charge in [-0.2, -0.15) is 0 Å². The molecule has 0 heterocycles. The lowest BCUT2D eigenvalue weighted by Crippen LogP contribution is -2.33. The first-order valence-electron chi connectivity index (χ1n) is 5.92. The SMILES string of the molecule is Cc1ccc(NC(C)(C)CCN)c(C)c1C. The molecule has 90 valence electrons. The second-order valence-electron chi connectivity index (χ2n) is 5.23. The zero-order valence-corrected chi connectivity index (χ0v) is 11.1. The Morgan fingerprint density at radius 2 is 1.75 bits per heavy atom. The molecule has 0 amide bonds. The summed E-state index contributed by atoms with van der Waals surface area (Å²) in [5.41, 5.74) is 11.0. The van der Waals surface area contributed by atoms with Crippen LogP contribution in [0.15, 0.2) is 12.1 Å². The summed E-state index contributed by atoms with van der Waals surface area (Å²) < 4.78 is 0. The zero-order chi connectivity index (χ0) is 12.3. The second kappa shape index (κ2) is 4.88. The van der Waals surface area contributed by atoms with Crippen LogP contribution in [0.25, 0.3) is 0 Å². The van der Waals surface area contributed by atoms with Gasteiger partial charge in [0.15, 0.2) is 0 Å². The van der Waals surface area contributed by atoms with E-state index < -0.39 is 0 Å². The van der Waals surface area contributed by atoms with Crippen molar-refractivity contribution >= 4 is 5.69 Å². The van der Waals surface area contributed by atoms with E-state index >= 15 is 0 Å². The van der Waals surface area contributed by atoms with E-state index in [-0.39, 0.29) is 5.54 Å². The Bertz CT molecular complexity index is 367. The van der Waals surface area contributed by atoms with Gasteiger partial charge in [0.1, 0.15) is 0 Å². The van der Waals surface area contributed by atoms with E-state index in [1.165, 1.54) is 22.4 Å². The molecule has 0 fully saturated rings. The second-order valence-corrected chi connectivity index (χ2v) is 5.23. The van der Waals surface area contributed by atoms with Crippen molar-refractivity contribution in [3.63, 3.8) is 0 Å². The van der Waals surface area contributed by atoms with Crippen LogP contribution in [0.3, 0.4) is 0 Å². The van der Waals surface area contributed by atoms with Crippen LogP contribution in [-0.4, -0.2) is 12.1 Å². The maximum absolute atomic E-state index is 5.62. The minimum Gasteiger partial charge on any atom is -0.380 e. The van der Waals surface area contributed by atoms with Crippen molar-refractivity contribution in [1.29, 1.82) is 0 Å². The van der Waals surface area contributed by atoms with Gasteiger partial charge in [-0.1, -0.05) is 6.07 Å². The summed E-state index contributed by atoms with van der Waals surface area (Å²) in [6.45, 7) is 11.6. The van der Waals surface area contributed by atoms with Gasteiger partial charge in [0.05, 0.1) is 0 Å². The summed E-state index contributed by atoms with van der Waals surface area (Å²) >= 11 is 0. The fourth-order valence-electron chi connectivity index (χ4n) is 1.88. The average Bonchev–Trinajstić information content (AvgIpc) is 2.19. The smallest absolute Gasteiger partial charge is 0.0376 e. The van der Waals surface area contributed by atoms with E-state index in [2.05, 4.69) is 52.1 Å². The number of nitrogens with one attached hydrogen (secondary N) is 1. The average molecular weight is 220 g/mol. The maximum Gasteiger partial charge on any atom is 0.0376 e. The van der Waals surface area contributed by atoms with E-state index in [4.69, 9.17) is 5.73 Å². The van der Waals surface area contributed by atoms with E-state index in [9.17, 15) is 0 Å². The summed E-state index contributed by atoms with van der Waals surface area (Å²) in [7, 11) is 0. The third-order valence-corrected chi connectivity index (χ3v) is 3.30. The molecule has 0 aliphatic rings. The van der Waals surface area contributed by atoms with Crippen LogP contribution in [0.4, 0.5) is 5.69 Å². The normalized spacial score (nSPS) is 11.6. The van der Waals surface area contributed by atoms with Crippen LogP contribution < -0.4 is 11.1 Å². The lowest BCUT2D eigenvalue weighted by Gasteiger charge is -2.28. The third-order valence-electron chi connectivity index (χ3n) is 3.30. The van der Waals surface area contributed by atoms with Crippen molar-refractivity contribution in [2.45, 2.75) is 46.6 Å². The highest BCUT2D eigenvalue weighted by Crippen LogP contribution is 2.25. The predicted molar refractivity (Wildman–Crippen MR) is 72.0 cm³/mol. The Morgan fingerprint density at radius 3 is 2.31 bits per heavy atom. The first kappa shape index (κ1) is 13.0. The zero-order valence-electron chi connectivity index (χ0n) is 11.1. The Balaban J connectivity index is 2.94. The molecule has 1 aromatic rings. The van der Waals surface area contributed by atoms with Crippen LogP contribution in [0.1, 0.15) is 37.0 Å². The lowest BCUT2D eigenvalue weighted by molar-refractivity contribution is 0.526. The summed E-state index contributed by atoms with van der Waals surface area (Å²) in [6, 6.07) is 4.33. The third kappa shape index (κ3) is 2.99. The molecule has 0 atom stereocenters. The topological polar surface area (TPSA) is 38.0 Å². The fraction of sp³-hybridized carbons (Fsp3) is 0.571. The molecule has 2 nitrogen and oxygen atoms in total. The summed E-state index contributed by atoms with van der Waals surface area (Å²) in [6.07, 6.45) is 0.972. The molecular weight excluding hydrogens is 196 g/mol. The molecule has 2 heteroatoms. The number of hydrogen-bond acceptors (Lipinski definition) is 2. The molecule has 0 spiro atoms. The van der Waals surface area contributed by atoms with Gasteiger partial charge in [0.25, 0.3) is 0 Å². The molecule has 1 aromatic carbocycles. The Morgan fingerprint density at radius 1 is 1.12 bits per heavy atom. The van der Waals surface area contributed by atoms with Crippen LogP contribution in [0.2, 0.25) is 0 Å². The van der Waals surface area contributed by atoms with Crippen molar-refractivity contribution in [2.24, 2.45) is 5.73 Å². The highest BCUT2D eigenvalue weighted by atomic mass is 15.0. The van der Waals surface area contributed by atoms with Gasteiger partial charge in [-0.25, -0.2) is 0 Å². The highest BCUT2D eigenvalue weighted by Gasteiger charge is 2.17. The monoisotopic (exact) mass is 220 g/mol. The van der Waals surface area contributed by atoms with Gasteiger partial charge in [0.2, 0.25) is 0 Å². The summed E-state index contributed by atoms with van der Waals surface area (Å²) in [5.74, 6) is 0. The lowest BCUT2D eigenvalue weighted by atomic mass is 9.97. The molecule has 1 rings (SSSR count). The molecule has 0 unspecified atom stereocenters. The Labute approximate surface area is 99.2 Å². The molecule has 0 aliphatic heterocycles. The molecule has 0 saturated heterocycles. The summed E-state index contributed by atoms with van der Waals surface area (Å²) in [5, 5.41) is 3.58. The Kier molecular flexibility index (Phi) is 3.98. The Hall–Kier alpha value is -1.02. The van der Waals surface area contributed by atoms with Gasteiger partial charge in [-0.15, -0.1) is 0 Å². The molecule has 0 aromatic heterocycles. The standard InChI is InChI=1S/C14H24N2/c1-10-6-7-13(12(3)11(10)2)16-14(4,5)8-9-15/h6-7,16H,8-9,15H2,1-5H3. The van der Waals surface area contributed by atoms with Gasteiger partial charge < -0.3 is 11.1 Å². The maximum atomic E-state index is 5.62. The van der Waals surface area contributed by atoms with Crippen LogP contribution in [-0.2, 0) is 0 Å². The number of nitrogens with two attached hydrogens (primary N) is 1. The molecule has 0 saturated carbocycles. The van der Waals surface area contributed by atoms with Crippen molar-refractivity contribution < 1.29 is 0 Å². The number of hydrogen-bond donors (Lipinski definition) is 2. The van der Waals surface area contributed by atoms with E-state index in [0.717, 1.165) is 6.42 Å². The van der Waals surface area contributed by atoms with E-state index in [0.29, 0.717) is 6.54 Å². The van der Waals surface area contributed by atoms with Crippen molar-refractivity contribution in [2.75, 3.05) is 11.9 Å². The fourth-order valence-corrected chi connectivity index (χ4v) is 1.88. The van der Waals surface area contributed by atoms with Crippen LogP contribution in [0, 0.1) is 20.8 Å². The van der Waals surface area contributed by atoms with Crippen molar-refractivity contribution in [3.05, 3.63) is 28.8 Å². The van der Waals surface area contributed by atoms with E-state index in [1.807, 2.05) is 0 Å². The molecule has 0 bridgehead atoms. The highest BCUT2D eigenvalue weighted by molar-refractivity contribution is 5.57. The molecule has 0 aliphatic carbocycles. The number of aryl methyl sites for hydroxylation is 1. The minimum absolute atomic E-state index is 0.0568. The molecule has 3 N–H and O–H groups in total. The first-order chi connectivity index (χ1) is 7.37. The largest absolute Gasteiger partial charge is 0.380 e. The molecule has 16 heavy (non-hydrogen) atoms. The summed E-state index contributed by atoms with van der Waals surface area (Å²) in [4.78, 5) is 0. The van der Waals surface area contributed by atoms with Gasteiger partial charge in [-0.05, 0) is 70.3 Å². The van der Waals surface area contributed by atoms with Gasteiger partial charge >= 0.3 is 0 Å². The van der Waals surface area contributed by atoms with Crippen molar-refractivity contribution in [1.82, 2.24) is 0 Å². The molecular formula is C14H24N2. The first-order valence-corrected chi connectivity index (χ1v) is 5.92. The number of rotatable bonds is 4. The van der Waals surface area contributed by atoms with Gasteiger partial charge in [-0.3, -0.25) is 0 Å². The number of benzene rings is 1. The predicted octanol–water partition coefficient (Wildman–Crippen LogP) is 3.15.